The van der Waals surface area contributed by atoms with Gasteiger partial charge in [-0.15, -0.1) is 0 Å². The van der Waals surface area contributed by atoms with E-state index in [2.05, 4.69) is 92.1 Å². The molecular weight excluding hydrogens is 635 g/mol. The van der Waals surface area contributed by atoms with Crippen LogP contribution in [0.25, 0.3) is 0 Å². The lowest BCUT2D eigenvalue weighted by Gasteiger charge is -2.30. The quantitative estimate of drug-likeness (QED) is 0.0313. The first-order valence-corrected chi connectivity index (χ1v) is 20.2. The minimum Gasteiger partial charge on any atom is -0.756 e. The number of nitrogens with zero attached hydrogens (tertiary/aromatic N) is 1. The number of unbranched alkanes of at least 4 members (excludes halogenated alkanes) is 7. The van der Waals surface area contributed by atoms with Crippen LogP contribution in [0.15, 0.2) is 72.9 Å². The average molecular weight is 707 g/mol. The van der Waals surface area contributed by atoms with Gasteiger partial charge in [0.05, 0.1) is 39.9 Å². The number of likely N-dealkylation sites (N-methyl/N-ethyl adjacent to an activating group) is 1. The molecule has 3 unspecified atom stereocenters. The van der Waals surface area contributed by atoms with Crippen molar-refractivity contribution in [2.24, 2.45) is 0 Å². The third-order valence-electron chi connectivity index (χ3n) is 7.71. The number of aliphatic hydroxyl groups is 1. The maximum atomic E-state index is 12.7. The van der Waals surface area contributed by atoms with Crippen molar-refractivity contribution in [2.45, 2.75) is 135 Å². The maximum absolute atomic E-state index is 12.7. The number of amides is 1. The van der Waals surface area contributed by atoms with Gasteiger partial charge in [-0.05, 0) is 64.2 Å². The number of hydrogen-bond donors (Lipinski definition) is 2. The second-order valence-corrected chi connectivity index (χ2v) is 15.0. The zero-order chi connectivity index (χ0) is 36.5. The molecule has 0 bridgehead atoms. The molecule has 0 fully saturated rings. The van der Waals surface area contributed by atoms with E-state index in [0.717, 1.165) is 96.3 Å². The Morgan fingerprint density at radius 1 is 0.735 bits per heavy atom. The number of hydrogen-bond acceptors (Lipinski definition) is 6. The Kier molecular flexibility index (Phi) is 30.5. The van der Waals surface area contributed by atoms with E-state index in [4.69, 9.17) is 9.05 Å². The lowest BCUT2D eigenvalue weighted by molar-refractivity contribution is -0.870. The summed E-state index contributed by atoms with van der Waals surface area (Å²) in [6.07, 6.45) is 41.1. The van der Waals surface area contributed by atoms with Gasteiger partial charge in [0.1, 0.15) is 13.2 Å². The van der Waals surface area contributed by atoms with Crippen LogP contribution in [0.5, 0.6) is 0 Å². The van der Waals surface area contributed by atoms with Gasteiger partial charge in [-0.3, -0.25) is 9.36 Å². The number of quaternary nitrogens is 1. The monoisotopic (exact) mass is 707 g/mol. The Bertz CT molecular complexity index is 1030. The van der Waals surface area contributed by atoms with Crippen molar-refractivity contribution in [3.05, 3.63) is 72.9 Å². The highest BCUT2D eigenvalue weighted by molar-refractivity contribution is 7.45. The molecule has 0 aromatic rings. The molecule has 0 saturated carbocycles. The van der Waals surface area contributed by atoms with Crippen molar-refractivity contribution in [2.75, 3.05) is 40.9 Å². The van der Waals surface area contributed by atoms with Crippen LogP contribution in [-0.2, 0) is 18.4 Å². The van der Waals surface area contributed by atoms with Gasteiger partial charge in [0.25, 0.3) is 7.82 Å². The van der Waals surface area contributed by atoms with E-state index in [0.29, 0.717) is 23.9 Å². The zero-order valence-corrected chi connectivity index (χ0v) is 32.5. The third kappa shape index (κ3) is 34.2. The van der Waals surface area contributed by atoms with Gasteiger partial charge in [0.15, 0.2) is 0 Å². The maximum Gasteiger partial charge on any atom is 0.268 e. The van der Waals surface area contributed by atoms with Crippen LogP contribution < -0.4 is 10.2 Å². The summed E-state index contributed by atoms with van der Waals surface area (Å²) in [5.74, 6) is -0.204. The van der Waals surface area contributed by atoms with Gasteiger partial charge < -0.3 is 28.8 Å². The van der Waals surface area contributed by atoms with Crippen molar-refractivity contribution >= 4 is 13.7 Å². The zero-order valence-electron chi connectivity index (χ0n) is 31.6. The molecule has 9 heteroatoms. The second-order valence-electron chi connectivity index (χ2n) is 13.5. The minimum absolute atomic E-state index is 0.000960. The number of carbonyl (C=O) groups is 1. The van der Waals surface area contributed by atoms with Gasteiger partial charge >= 0.3 is 0 Å². The van der Waals surface area contributed by atoms with Crippen LogP contribution in [-0.4, -0.2) is 68.5 Å². The highest BCUT2D eigenvalue weighted by Gasteiger charge is 2.24. The number of nitrogens with one attached hydrogen (secondary N) is 1. The lowest BCUT2D eigenvalue weighted by atomic mass is 10.0. The van der Waals surface area contributed by atoms with E-state index < -0.39 is 20.0 Å². The molecule has 3 atom stereocenters. The van der Waals surface area contributed by atoms with Crippen molar-refractivity contribution in [1.29, 1.82) is 0 Å². The fourth-order valence-corrected chi connectivity index (χ4v) is 5.41. The Labute approximate surface area is 300 Å². The molecule has 0 spiro atoms. The lowest BCUT2D eigenvalue weighted by Crippen LogP contribution is -2.46. The molecule has 282 valence electrons. The van der Waals surface area contributed by atoms with Crippen molar-refractivity contribution < 1.29 is 32.9 Å². The molecule has 0 aliphatic heterocycles. The SMILES string of the molecule is CC/C=C\C/C=C\C/C=C\C/C=C\C/C=C\C/C=C\CCCCCCC(=O)NC(COP(=O)([O-])OCC[N+](C)(C)C)C(O)CCCCCC. The molecule has 0 heterocycles. The molecule has 0 aliphatic rings. The smallest absolute Gasteiger partial charge is 0.268 e. The standard InChI is InChI=1S/C40H71N2O6P/c1-6-8-10-12-13-14-15-16-17-18-19-20-21-22-23-24-25-26-27-28-29-30-32-34-40(44)41-38(39(43)33-31-11-9-7-2)37-48-49(45,46)47-36-35-42(3,4)5/h8,10,13-14,16-17,19-20,22-23,25-26,38-39,43H,6-7,9,11-12,15,18,21,24,27-37H2,1-5H3,(H-,41,44,45,46)/b10-8-,14-13-,17-16-,20-19-,23-22-,26-25-. The average Bonchev–Trinajstić information content (AvgIpc) is 3.04. The van der Waals surface area contributed by atoms with Crippen LogP contribution in [0.2, 0.25) is 0 Å². The van der Waals surface area contributed by atoms with E-state index in [1.165, 1.54) is 0 Å². The van der Waals surface area contributed by atoms with Gasteiger partial charge in [-0.25, -0.2) is 0 Å². The molecule has 0 aliphatic carbocycles. The van der Waals surface area contributed by atoms with Gasteiger partial charge in [0, 0.05) is 6.42 Å². The largest absolute Gasteiger partial charge is 0.756 e. The summed E-state index contributed by atoms with van der Waals surface area (Å²) in [5.41, 5.74) is 0. The van der Waals surface area contributed by atoms with Crippen molar-refractivity contribution in [3.8, 4) is 0 Å². The Morgan fingerprint density at radius 3 is 1.78 bits per heavy atom. The fraction of sp³-hybridized carbons (Fsp3) is 0.675. The molecule has 49 heavy (non-hydrogen) atoms. The Morgan fingerprint density at radius 2 is 1.24 bits per heavy atom. The van der Waals surface area contributed by atoms with E-state index in [1.54, 1.807) is 0 Å². The van der Waals surface area contributed by atoms with E-state index >= 15 is 0 Å². The molecule has 8 nitrogen and oxygen atoms in total. The molecular formula is C40H71N2O6P. The number of aliphatic hydroxyl groups excluding tert-OH is 1. The summed E-state index contributed by atoms with van der Waals surface area (Å²) in [4.78, 5) is 25.0. The topological polar surface area (TPSA) is 108 Å². The van der Waals surface area contributed by atoms with E-state index in [9.17, 15) is 19.4 Å². The molecule has 0 saturated heterocycles. The first-order valence-electron chi connectivity index (χ1n) is 18.8. The summed E-state index contributed by atoms with van der Waals surface area (Å²) in [5, 5.41) is 13.6. The van der Waals surface area contributed by atoms with Crippen molar-refractivity contribution in [1.82, 2.24) is 5.32 Å². The van der Waals surface area contributed by atoms with Gasteiger partial charge in [-0.1, -0.05) is 125 Å². The van der Waals surface area contributed by atoms with Crippen LogP contribution in [0, 0.1) is 0 Å². The van der Waals surface area contributed by atoms with Crippen LogP contribution in [0.1, 0.15) is 123 Å². The number of phosphoric acid groups is 1. The van der Waals surface area contributed by atoms with E-state index in [-0.39, 0.29) is 19.1 Å². The van der Waals surface area contributed by atoms with Crippen LogP contribution in [0.4, 0.5) is 0 Å². The van der Waals surface area contributed by atoms with Gasteiger partial charge in [-0.2, -0.15) is 0 Å². The Balaban J connectivity index is 4.22. The summed E-state index contributed by atoms with van der Waals surface area (Å²) in [6.45, 7) is 4.41. The first-order chi connectivity index (χ1) is 23.5. The van der Waals surface area contributed by atoms with Crippen LogP contribution in [0.3, 0.4) is 0 Å². The van der Waals surface area contributed by atoms with Crippen LogP contribution >= 0.6 is 7.82 Å². The fourth-order valence-electron chi connectivity index (χ4n) is 4.69. The molecule has 0 radical (unpaired) electrons. The number of phosphoric ester groups is 1. The summed E-state index contributed by atoms with van der Waals surface area (Å²) in [7, 11) is 1.26. The number of rotatable bonds is 32. The first kappa shape index (κ1) is 46.9. The molecule has 0 rings (SSSR count). The summed E-state index contributed by atoms with van der Waals surface area (Å²) < 4.78 is 22.9. The molecule has 0 aromatic carbocycles. The second kappa shape index (κ2) is 31.9. The minimum atomic E-state index is -4.55. The van der Waals surface area contributed by atoms with Crippen molar-refractivity contribution in [3.63, 3.8) is 0 Å². The third-order valence-corrected chi connectivity index (χ3v) is 8.67. The number of carbonyl (C=O) groups excluding carboxylic acids is 1. The molecule has 1 amide bonds. The normalized spacial score (nSPS) is 15.5. The summed E-state index contributed by atoms with van der Waals surface area (Å²) >= 11 is 0. The summed E-state index contributed by atoms with van der Waals surface area (Å²) in [6, 6.07) is -0.813. The Hall–Kier alpha value is -2.06. The molecule has 2 N–H and O–H groups in total. The predicted octanol–water partition coefficient (Wildman–Crippen LogP) is 9.05. The van der Waals surface area contributed by atoms with Gasteiger partial charge in [0.2, 0.25) is 5.91 Å². The number of allylic oxidation sites excluding steroid dienone is 12. The highest BCUT2D eigenvalue weighted by Crippen LogP contribution is 2.38. The predicted molar refractivity (Wildman–Crippen MR) is 205 cm³/mol. The highest BCUT2D eigenvalue weighted by atomic mass is 31.2. The van der Waals surface area contributed by atoms with E-state index in [1.807, 2.05) is 21.1 Å². The molecule has 0 aromatic heterocycles.